The average Bonchev–Trinajstić information content (AvgIpc) is 2.86. The molecule has 0 bridgehead atoms. The molecule has 0 spiro atoms. The lowest BCUT2D eigenvalue weighted by molar-refractivity contribution is -0.119. The molecule has 0 aliphatic heterocycles. The Kier molecular flexibility index (Phi) is 7.98. The molecule has 3 aromatic rings. The van der Waals surface area contributed by atoms with Crippen LogP contribution in [0.5, 0.6) is 17.2 Å². The second-order valence-corrected chi connectivity index (χ2v) is 9.48. The summed E-state index contributed by atoms with van der Waals surface area (Å²) in [4.78, 5) is 12.7. The number of nitrogens with zero attached hydrogens (tertiary/aromatic N) is 2. The SMILES string of the molecule is COc1ccc(S(=O)(=O)N(CC(=O)N/N=C(/C)c2ccccc2O)c2ccc(C)cc2)cc1OC. The van der Waals surface area contributed by atoms with Gasteiger partial charge in [-0.05, 0) is 50.2 Å². The Balaban J connectivity index is 1.93. The van der Waals surface area contributed by atoms with Crippen molar-refractivity contribution >= 4 is 27.3 Å². The van der Waals surface area contributed by atoms with Gasteiger partial charge in [-0.1, -0.05) is 29.8 Å². The second-order valence-electron chi connectivity index (χ2n) is 7.61. The van der Waals surface area contributed by atoms with Crippen LogP contribution in [0, 0.1) is 6.92 Å². The summed E-state index contributed by atoms with van der Waals surface area (Å²) in [6.45, 7) is 2.96. The fourth-order valence-electron chi connectivity index (χ4n) is 3.28. The molecular formula is C25H27N3O6S. The summed E-state index contributed by atoms with van der Waals surface area (Å²) in [5.74, 6) is -0.0328. The number of para-hydroxylation sites is 1. The molecular weight excluding hydrogens is 470 g/mol. The van der Waals surface area contributed by atoms with Crippen LogP contribution in [-0.2, 0) is 14.8 Å². The highest BCUT2D eigenvalue weighted by Crippen LogP contribution is 2.32. The molecule has 3 rings (SSSR count). The molecule has 1 amide bonds. The van der Waals surface area contributed by atoms with E-state index in [0.29, 0.717) is 22.7 Å². The molecule has 0 saturated carbocycles. The van der Waals surface area contributed by atoms with Gasteiger partial charge in [-0.3, -0.25) is 9.10 Å². The number of carbonyl (C=O) groups is 1. The van der Waals surface area contributed by atoms with Gasteiger partial charge < -0.3 is 14.6 Å². The van der Waals surface area contributed by atoms with Crippen LogP contribution >= 0.6 is 0 Å². The minimum atomic E-state index is -4.17. The lowest BCUT2D eigenvalue weighted by atomic mass is 10.1. The monoisotopic (exact) mass is 497 g/mol. The zero-order valence-electron chi connectivity index (χ0n) is 19.8. The first-order valence-corrected chi connectivity index (χ1v) is 12.0. The van der Waals surface area contributed by atoms with Gasteiger partial charge in [-0.15, -0.1) is 0 Å². The zero-order chi connectivity index (χ0) is 25.6. The normalized spacial score (nSPS) is 11.6. The van der Waals surface area contributed by atoms with Crippen molar-refractivity contribution in [1.82, 2.24) is 5.43 Å². The molecule has 0 unspecified atom stereocenters. The molecule has 9 nitrogen and oxygen atoms in total. The Bertz CT molecular complexity index is 1340. The number of aryl methyl sites for hydroxylation is 1. The summed E-state index contributed by atoms with van der Waals surface area (Å²) in [5.41, 5.74) is 4.42. The Morgan fingerprint density at radius 2 is 1.66 bits per heavy atom. The van der Waals surface area contributed by atoms with Crippen LogP contribution in [0.4, 0.5) is 5.69 Å². The Morgan fingerprint density at radius 1 is 1.00 bits per heavy atom. The number of phenols is 1. The third-order valence-electron chi connectivity index (χ3n) is 5.19. The number of hydrogen-bond acceptors (Lipinski definition) is 7. The van der Waals surface area contributed by atoms with Gasteiger partial charge in [-0.25, -0.2) is 13.8 Å². The van der Waals surface area contributed by atoms with Crippen molar-refractivity contribution in [2.45, 2.75) is 18.7 Å². The Morgan fingerprint density at radius 3 is 2.29 bits per heavy atom. The molecule has 10 heteroatoms. The van der Waals surface area contributed by atoms with E-state index in [0.717, 1.165) is 9.87 Å². The van der Waals surface area contributed by atoms with Crippen molar-refractivity contribution in [2.75, 3.05) is 25.1 Å². The van der Waals surface area contributed by atoms with Crippen molar-refractivity contribution in [3.8, 4) is 17.2 Å². The van der Waals surface area contributed by atoms with Gasteiger partial charge in [0.05, 0.1) is 30.5 Å². The van der Waals surface area contributed by atoms with Gasteiger partial charge in [0.25, 0.3) is 15.9 Å². The highest BCUT2D eigenvalue weighted by molar-refractivity contribution is 7.92. The number of sulfonamides is 1. The molecule has 184 valence electrons. The summed E-state index contributed by atoms with van der Waals surface area (Å²) < 4.78 is 38.6. The number of hydrazone groups is 1. The second kappa shape index (κ2) is 10.9. The summed E-state index contributed by atoms with van der Waals surface area (Å²) in [5, 5.41) is 14.0. The first-order chi connectivity index (χ1) is 16.7. The van der Waals surface area contributed by atoms with Crippen molar-refractivity contribution in [2.24, 2.45) is 5.10 Å². The summed E-state index contributed by atoms with van der Waals surface area (Å²) in [6, 6.07) is 17.5. The number of methoxy groups -OCH3 is 2. The van der Waals surface area contributed by atoms with E-state index in [4.69, 9.17) is 9.47 Å². The number of carbonyl (C=O) groups excluding carboxylic acids is 1. The van der Waals surface area contributed by atoms with E-state index in [9.17, 15) is 18.3 Å². The number of phenolic OH excluding ortho intramolecular Hbond substituents is 1. The number of amides is 1. The van der Waals surface area contributed by atoms with Crippen LogP contribution in [-0.4, -0.2) is 45.9 Å². The number of hydrogen-bond donors (Lipinski definition) is 2. The van der Waals surface area contributed by atoms with E-state index in [1.807, 2.05) is 6.92 Å². The van der Waals surface area contributed by atoms with Crippen molar-refractivity contribution in [1.29, 1.82) is 0 Å². The molecule has 0 atom stereocenters. The lowest BCUT2D eigenvalue weighted by Crippen LogP contribution is -2.39. The van der Waals surface area contributed by atoms with Gasteiger partial charge in [0.15, 0.2) is 11.5 Å². The topological polar surface area (TPSA) is 118 Å². The smallest absolute Gasteiger partial charge is 0.264 e. The first kappa shape index (κ1) is 25.6. The van der Waals surface area contributed by atoms with E-state index < -0.39 is 22.5 Å². The molecule has 0 radical (unpaired) electrons. The standard InChI is InChI=1S/C25H27N3O6S/c1-17-9-11-19(12-10-17)28(35(31,32)20-13-14-23(33-3)24(15-20)34-4)16-25(30)27-26-18(2)21-7-5-6-8-22(21)29/h5-15,29H,16H2,1-4H3,(H,27,30)/b26-18-. The van der Waals surface area contributed by atoms with Crippen LogP contribution < -0.4 is 19.2 Å². The fourth-order valence-corrected chi connectivity index (χ4v) is 4.72. The molecule has 0 fully saturated rings. The predicted octanol–water partition coefficient (Wildman–Crippen LogP) is 3.45. The molecule has 2 N–H and O–H groups in total. The zero-order valence-corrected chi connectivity index (χ0v) is 20.7. The quantitative estimate of drug-likeness (QED) is 0.345. The van der Waals surface area contributed by atoms with Crippen LogP contribution in [0.25, 0.3) is 0 Å². The highest BCUT2D eigenvalue weighted by atomic mass is 32.2. The maximum atomic E-state index is 13.6. The summed E-state index contributed by atoms with van der Waals surface area (Å²) >= 11 is 0. The maximum Gasteiger partial charge on any atom is 0.264 e. The van der Waals surface area contributed by atoms with Gasteiger partial charge >= 0.3 is 0 Å². The van der Waals surface area contributed by atoms with Crippen LogP contribution in [0.2, 0.25) is 0 Å². The van der Waals surface area contributed by atoms with E-state index in [1.54, 1.807) is 49.4 Å². The Hall–Kier alpha value is -4.05. The van der Waals surface area contributed by atoms with Crippen LogP contribution in [0.3, 0.4) is 0 Å². The number of nitrogens with one attached hydrogen (secondary N) is 1. The van der Waals surface area contributed by atoms with Gasteiger partial charge in [-0.2, -0.15) is 5.10 Å². The first-order valence-electron chi connectivity index (χ1n) is 10.6. The predicted molar refractivity (Wildman–Crippen MR) is 134 cm³/mol. The van der Waals surface area contributed by atoms with Crippen LogP contribution in [0.15, 0.2) is 76.7 Å². The molecule has 0 aliphatic carbocycles. The molecule has 0 aromatic heterocycles. The highest BCUT2D eigenvalue weighted by Gasteiger charge is 2.28. The maximum absolute atomic E-state index is 13.6. The molecule has 3 aromatic carbocycles. The Labute approximate surface area is 204 Å². The van der Waals surface area contributed by atoms with Crippen LogP contribution in [0.1, 0.15) is 18.1 Å². The minimum absolute atomic E-state index is 0.0142. The van der Waals surface area contributed by atoms with Crippen molar-refractivity contribution in [3.63, 3.8) is 0 Å². The third-order valence-corrected chi connectivity index (χ3v) is 6.96. The van der Waals surface area contributed by atoms with E-state index in [2.05, 4.69) is 10.5 Å². The van der Waals surface area contributed by atoms with E-state index in [1.165, 1.54) is 38.5 Å². The van der Waals surface area contributed by atoms with Gasteiger partial charge in [0.2, 0.25) is 0 Å². The fraction of sp³-hybridized carbons (Fsp3) is 0.200. The summed E-state index contributed by atoms with van der Waals surface area (Å²) in [7, 11) is -1.31. The van der Waals surface area contributed by atoms with Gasteiger partial charge in [0.1, 0.15) is 12.3 Å². The molecule has 0 aliphatic rings. The number of anilines is 1. The number of ether oxygens (including phenoxy) is 2. The summed E-state index contributed by atoms with van der Waals surface area (Å²) in [6.07, 6.45) is 0. The largest absolute Gasteiger partial charge is 0.507 e. The van der Waals surface area contributed by atoms with Gasteiger partial charge in [0, 0.05) is 11.6 Å². The molecule has 35 heavy (non-hydrogen) atoms. The van der Waals surface area contributed by atoms with E-state index in [-0.39, 0.29) is 16.4 Å². The third kappa shape index (κ3) is 5.90. The van der Waals surface area contributed by atoms with E-state index >= 15 is 0 Å². The minimum Gasteiger partial charge on any atom is -0.507 e. The molecule has 0 saturated heterocycles. The number of aromatic hydroxyl groups is 1. The van der Waals surface area contributed by atoms with Crippen molar-refractivity contribution < 1.29 is 27.8 Å². The lowest BCUT2D eigenvalue weighted by Gasteiger charge is -2.24. The average molecular weight is 498 g/mol. The number of benzene rings is 3. The molecule has 0 heterocycles. The van der Waals surface area contributed by atoms with Crippen molar-refractivity contribution in [3.05, 3.63) is 77.9 Å². The number of rotatable bonds is 9.